The second kappa shape index (κ2) is 6.43. The first-order valence-electron chi connectivity index (χ1n) is 8.87. The number of aliphatic imine (C=N–C) groups is 1. The molecular formula is C18H24N4O2. The molecule has 1 saturated carbocycles. The number of amides is 1. The average molecular weight is 328 g/mol. The third kappa shape index (κ3) is 2.75. The van der Waals surface area contributed by atoms with Crippen LogP contribution in [-0.4, -0.2) is 77.0 Å². The minimum Gasteiger partial charge on any atom is -0.507 e. The minimum absolute atomic E-state index is 0.0311. The highest BCUT2D eigenvalue weighted by molar-refractivity contribution is 6.07. The van der Waals surface area contributed by atoms with Crippen LogP contribution in [0.15, 0.2) is 29.3 Å². The summed E-state index contributed by atoms with van der Waals surface area (Å²) in [4.78, 5) is 23.9. The predicted octanol–water partition coefficient (Wildman–Crippen LogP) is 1.37. The van der Waals surface area contributed by atoms with Crippen molar-refractivity contribution >= 4 is 11.9 Å². The molecule has 0 spiro atoms. The van der Waals surface area contributed by atoms with E-state index >= 15 is 0 Å². The van der Waals surface area contributed by atoms with Crippen molar-refractivity contribution in [3.8, 4) is 5.75 Å². The first kappa shape index (κ1) is 15.4. The fourth-order valence-electron chi connectivity index (χ4n) is 3.74. The van der Waals surface area contributed by atoms with E-state index < -0.39 is 0 Å². The van der Waals surface area contributed by atoms with Crippen molar-refractivity contribution in [3.63, 3.8) is 0 Å². The van der Waals surface area contributed by atoms with Gasteiger partial charge in [-0.15, -0.1) is 0 Å². The largest absolute Gasteiger partial charge is 0.507 e. The van der Waals surface area contributed by atoms with E-state index in [4.69, 9.17) is 0 Å². The van der Waals surface area contributed by atoms with Gasteiger partial charge in [0.15, 0.2) is 0 Å². The Morgan fingerprint density at radius 2 is 1.83 bits per heavy atom. The Bertz CT molecular complexity index is 648. The molecule has 2 heterocycles. The third-order valence-corrected chi connectivity index (χ3v) is 5.39. The first-order chi connectivity index (χ1) is 11.7. The summed E-state index contributed by atoms with van der Waals surface area (Å²) >= 11 is 0. The average Bonchev–Trinajstić information content (AvgIpc) is 3.03. The molecule has 1 aromatic rings. The van der Waals surface area contributed by atoms with Gasteiger partial charge in [-0.05, 0) is 25.0 Å². The highest BCUT2D eigenvalue weighted by Crippen LogP contribution is 2.26. The number of hydrogen-bond donors (Lipinski definition) is 1. The molecule has 1 aliphatic carbocycles. The van der Waals surface area contributed by atoms with Crippen LogP contribution in [0.25, 0.3) is 0 Å². The van der Waals surface area contributed by atoms with Crippen molar-refractivity contribution < 1.29 is 9.90 Å². The van der Waals surface area contributed by atoms with Gasteiger partial charge in [0.2, 0.25) is 5.96 Å². The summed E-state index contributed by atoms with van der Waals surface area (Å²) in [5.41, 5.74) is 0.347. The molecule has 0 unspecified atom stereocenters. The molecule has 2 aliphatic heterocycles. The molecule has 2 fully saturated rings. The number of carbonyl (C=O) groups is 1. The standard InChI is InChI=1S/C18H24N4O2/c23-16-7-2-1-6-15(16)17(24)22-9-8-19-18(22)21-12-10-20(11-13-21)14-4-3-5-14/h1-2,6-7,14,23H,3-5,8-13H2. The number of guanidine groups is 1. The van der Waals surface area contributed by atoms with Gasteiger partial charge in [0.25, 0.3) is 5.91 Å². The van der Waals surface area contributed by atoms with E-state index in [9.17, 15) is 9.90 Å². The molecule has 128 valence electrons. The molecule has 1 amide bonds. The van der Waals surface area contributed by atoms with Crippen LogP contribution in [-0.2, 0) is 0 Å². The van der Waals surface area contributed by atoms with E-state index in [0.29, 0.717) is 18.7 Å². The number of piperazine rings is 1. The maximum Gasteiger partial charge on any atom is 0.264 e. The van der Waals surface area contributed by atoms with E-state index in [1.165, 1.54) is 19.3 Å². The third-order valence-electron chi connectivity index (χ3n) is 5.39. The Morgan fingerprint density at radius 3 is 2.50 bits per heavy atom. The highest BCUT2D eigenvalue weighted by Gasteiger charge is 2.33. The monoisotopic (exact) mass is 328 g/mol. The topological polar surface area (TPSA) is 59.4 Å². The normalized spacial score (nSPS) is 22.4. The van der Waals surface area contributed by atoms with Gasteiger partial charge in [-0.1, -0.05) is 18.6 Å². The number of rotatable bonds is 2. The zero-order valence-electron chi connectivity index (χ0n) is 13.9. The van der Waals surface area contributed by atoms with Gasteiger partial charge in [-0.2, -0.15) is 0 Å². The van der Waals surface area contributed by atoms with E-state index in [1.54, 1.807) is 29.2 Å². The molecule has 3 aliphatic rings. The molecule has 24 heavy (non-hydrogen) atoms. The summed E-state index contributed by atoms with van der Waals surface area (Å²) < 4.78 is 0. The van der Waals surface area contributed by atoms with Crippen molar-refractivity contribution in [3.05, 3.63) is 29.8 Å². The quantitative estimate of drug-likeness (QED) is 0.891. The Morgan fingerprint density at radius 1 is 1.08 bits per heavy atom. The van der Waals surface area contributed by atoms with Gasteiger partial charge in [0.05, 0.1) is 12.1 Å². The van der Waals surface area contributed by atoms with Gasteiger partial charge in [-0.25, -0.2) is 0 Å². The van der Waals surface area contributed by atoms with E-state index in [1.807, 2.05) is 0 Å². The fourth-order valence-corrected chi connectivity index (χ4v) is 3.74. The molecule has 1 aromatic carbocycles. The molecular weight excluding hydrogens is 304 g/mol. The van der Waals surface area contributed by atoms with E-state index in [-0.39, 0.29) is 11.7 Å². The van der Waals surface area contributed by atoms with E-state index in [0.717, 1.165) is 38.2 Å². The zero-order chi connectivity index (χ0) is 16.5. The van der Waals surface area contributed by atoms with Crippen molar-refractivity contribution in [1.29, 1.82) is 0 Å². The summed E-state index contributed by atoms with van der Waals surface area (Å²) in [5, 5.41) is 9.96. The van der Waals surface area contributed by atoms with Gasteiger partial charge >= 0.3 is 0 Å². The Labute approximate surface area is 142 Å². The molecule has 1 N–H and O–H groups in total. The number of phenols is 1. The second-order valence-electron chi connectivity index (χ2n) is 6.76. The predicted molar refractivity (Wildman–Crippen MR) is 92.2 cm³/mol. The maximum absolute atomic E-state index is 12.8. The van der Waals surface area contributed by atoms with Crippen molar-refractivity contribution in [1.82, 2.24) is 14.7 Å². The summed E-state index contributed by atoms with van der Waals surface area (Å²) in [6.45, 7) is 5.15. The van der Waals surface area contributed by atoms with Crippen molar-refractivity contribution in [2.45, 2.75) is 25.3 Å². The van der Waals surface area contributed by atoms with Crippen LogP contribution >= 0.6 is 0 Å². The Kier molecular flexibility index (Phi) is 4.14. The maximum atomic E-state index is 12.8. The molecule has 1 saturated heterocycles. The van der Waals surface area contributed by atoms with E-state index in [2.05, 4.69) is 14.8 Å². The summed E-state index contributed by atoms with van der Waals surface area (Å²) in [6, 6.07) is 7.50. The zero-order valence-corrected chi connectivity index (χ0v) is 13.9. The minimum atomic E-state index is -0.161. The van der Waals surface area contributed by atoms with Gasteiger partial charge in [0.1, 0.15) is 5.75 Å². The molecule has 0 atom stereocenters. The lowest BCUT2D eigenvalue weighted by atomic mass is 9.91. The number of benzene rings is 1. The summed E-state index contributed by atoms with van der Waals surface area (Å²) in [6.07, 6.45) is 4.03. The smallest absolute Gasteiger partial charge is 0.264 e. The van der Waals surface area contributed by atoms with Crippen molar-refractivity contribution in [2.24, 2.45) is 4.99 Å². The number of para-hydroxylation sites is 1. The molecule has 0 radical (unpaired) electrons. The van der Waals surface area contributed by atoms with Crippen LogP contribution in [0.1, 0.15) is 29.6 Å². The lowest BCUT2D eigenvalue weighted by molar-refractivity contribution is 0.0744. The highest BCUT2D eigenvalue weighted by atomic mass is 16.3. The number of aromatic hydroxyl groups is 1. The van der Waals surface area contributed by atoms with Gasteiger partial charge in [0, 0.05) is 38.8 Å². The second-order valence-corrected chi connectivity index (χ2v) is 6.76. The molecule has 0 aromatic heterocycles. The van der Waals surface area contributed by atoms with Crippen LogP contribution in [0.5, 0.6) is 5.75 Å². The molecule has 0 bridgehead atoms. The SMILES string of the molecule is O=C(c1ccccc1O)N1CCN=C1N1CCN(C2CCC2)CC1. The van der Waals surface area contributed by atoms with Gasteiger partial charge < -0.3 is 10.0 Å². The van der Waals surface area contributed by atoms with Crippen LogP contribution in [0.2, 0.25) is 0 Å². The lowest BCUT2D eigenvalue weighted by Gasteiger charge is -2.44. The van der Waals surface area contributed by atoms with Crippen LogP contribution in [0.3, 0.4) is 0 Å². The Hall–Kier alpha value is -2.08. The van der Waals surface area contributed by atoms with Crippen LogP contribution in [0.4, 0.5) is 0 Å². The number of nitrogens with zero attached hydrogens (tertiary/aromatic N) is 4. The summed E-state index contributed by atoms with van der Waals surface area (Å²) in [5.74, 6) is 0.644. The molecule has 4 rings (SSSR count). The number of hydrogen-bond acceptors (Lipinski definition) is 5. The fraction of sp³-hybridized carbons (Fsp3) is 0.556. The number of carbonyl (C=O) groups excluding carboxylic acids is 1. The summed E-state index contributed by atoms with van der Waals surface area (Å²) in [7, 11) is 0. The van der Waals surface area contributed by atoms with Crippen molar-refractivity contribution in [2.75, 3.05) is 39.3 Å². The number of phenolic OH excluding ortho intramolecular Hbond substituents is 1. The van der Waals surface area contributed by atoms with Crippen LogP contribution in [0, 0.1) is 0 Å². The molecule has 6 nitrogen and oxygen atoms in total. The first-order valence-corrected chi connectivity index (χ1v) is 8.87. The molecule has 6 heteroatoms. The van der Waals surface area contributed by atoms with Gasteiger partial charge in [-0.3, -0.25) is 19.6 Å². The lowest BCUT2D eigenvalue weighted by Crippen LogP contribution is -2.56. The Balaban J connectivity index is 1.43. The van der Waals surface area contributed by atoms with Crippen LogP contribution < -0.4 is 0 Å².